The molecule has 1 heterocycles. The van der Waals surface area contributed by atoms with Gasteiger partial charge < -0.3 is 10.4 Å². The van der Waals surface area contributed by atoms with Crippen LogP contribution in [0.5, 0.6) is 0 Å². The van der Waals surface area contributed by atoms with Crippen molar-refractivity contribution in [2.75, 3.05) is 10.6 Å². The first kappa shape index (κ1) is 19.5. The summed E-state index contributed by atoms with van der Waals surface area (Å²) in [5.41, 5.74) is 1.30. The molecule has 0 radical (unpaired) electrons. The summed E-state index contributed by atoms with van der Waals surface area (Å²) in [5, 5.41) is 14.4. The number of urea groups is 1. The van der Waals surface area contributed by atoms with Gasteiger partial charge in [0.25, 0.3) is 0 Å². The number of carbonyl (C=O) groups is 3. The Morgan fingerprint density at radius 3 is 2.59 bits per heavy atom. The first-order valence-electron chi connectivity index (χ1n) is 8.52. The van der Waals surface area contributed by atoms with Crippen molar-refractivity contribution in [1.82, 2.24) is 4.98 Å². The van der Waals surface area contributed by atoms with Gasteiger partial charge in [-0.25, -0.2) is 9.78 Å². The highest BCUT2D eigenvalue weighted by Gasteiger charge is 2.26. The van der Waals surface area contributed by atoms with Gasteiger partial charge in [0.05, 0.1) is 21.6 Å². The summed E-state index contributed by atoms with van der Waals surface area (Å²) in [5.74, 6) is -0.926. The number of aromatic nitrogens is 1. The van der Waals surface area contributed by atoms with Gasteiger partial charge in [0, 0.05) is 11.5 Å². The number of amides is 2. The molecule has 0 spiro atoms. The summed E-state index contributed by atoms with van der Waals surface area (Å²) in [7, 11) is 0. The van der Waals surface area contributed by atoms with Crippen LogP contribution in [0.3, 0.4) is 0 Å². The van der Waals surface area contributed by atoms with E-state index in [-0.39, 0.29) is 23.3 Å². The fraction of sp³-hybridized carbons (Fsp3) is 0.333. The second kappa shape index (κ2) is 8.62. The lowest BCUT2D eigenvalue weighted by molar-refractivity contribution is -0.136. The smallest absolute Gasteiger partial charge is 0.325 e. The number of anilines is 2. The van der Waals surface area contributed by atoms with E-state index < -0.39 is 12.0 Å². The largest absolute Gasteiger partial charge is 0.481 e. The number of nitrogens with one attached hydrogen (secondary N) is 2. The maximum atomic E-state index is 12.7. The Balaban J connectivity index is 1.69. The molecular formula is C18H18BrN3O4S. The van der Waals surface area contributed by atoms with Gasteiger partial charge >= 0.3 is 12.0 Å². The van der Waals surface area contributed by atoms with E-state index in [0.29, 0.717) is 20.7 Å². The predicted molar refractivity (Wildman–Crippen MR) is 107 cm³/mol. The lowest BCUT2D eigenvalue weighted by Crippen LogP contribution is -2.22. The summed E-state index contributed by atoms with van der Waals surface area (Å²) in [6, 6.07) is 6.41. The normalized spacial score (nSPS) is 14.1. The first-order valence-corrected chi connectivity index (χ1v) is 10.1. The van der Waals surface area contributed by atoms with Crippen LogP contribution in [-0.2, 0) is 11.2 Å². The summed E-state index contributed by atoms with van der Waals surface area (Å²) in [4.78, 5) is 40.0. The quantitative estimate of drug-likeness (QED) is 0.558. The van der Waals surface area contributed by atoms with E-state index in [4.69, 9.17) is 5.11 Å². The number of carboxylic acids is 1. The molecule has 1 fully saturated rings. The van der Waals surface area contributed by atoms with Gasteiger partial charge in [0.2, 0.25) is 0 Å². The Morgan fingerprint density at radius 2 is 1.89 bits per heavy atom. The molecule has 1 saturated carbocycles. The van der Waals surface area contributed by atoms with E-state index >= 15 is 0 Å². The Bertz CT molecular complexity index is 877. The Labute approximate surface area is 168 Å². The summed E-state index contributed by atoms with van der Waals surface area (Å²) >= 11 is 4.38. The minimum absolute atomic E-state index is 0.0181. The van der Waals surface area contributed by atoms with Crippen LogP contribution in [0.4, 0.5) is 15.6 Å². The lowest BCUT2D eigenvalue weighted by Gasteiger charge is -2.13. The molecule has 1 aliphatic carbocycles. The number of Topliss-reactive ketones (excluding diaryl/α,β-unsaturated/α-hetero) is 1. The fourth-order valence-corrected chi connectivity index (χ4v) is 4.50. The van der Waals surface area contributed by atoms with Gasteiger partial charge in [-0.2, -0.15) is 0 Å². The molecular weight excluding hydrogens is 434 g/mol. The van der Waals surface area contributed by atoms with E-state index in [1.165, 1.54) is 0 Å². The van der Waals surface area contributed by atoms with Crippen LogP contribution in [0, 0.1) is 5.92 Å². The number of para-hydroxylation sites is 1. The Kier molecular flexibility index (Phi) is 6.22. The molecule has 0 unspecified atom stereocenters. The van der Waals surface area contributed by atoms with Crippen molar-refractivity contribution >= 4 is 55.9 Å². The second-order valence-electron chi connectivity index (χ2n) is 6.28. The first-order chi connectivity index (χ1) is 12.9. The third kappa shape index (κ3) is 4.92. The number of benzene rings is 1. The van der Waals surface area contributed by atoms with Crippen LogP contribution in [0.15, 0.2) is 28.1 Å². The molecule has 0 bridgehead atoms. The van der Waals surface area contributed by atoms with Crippen molar-refractivity contribution in [3.8, 4) is 0 Å². The number of thiazole rings is 1. The average molecular weight is 452 g/mol. The van der Waals surface area contributed by atoms with Crippen molar-refractivity contribution < 1.29 is 19.5 Å². The van der Waals surface area contributed by atoms with E-state index in [0.717, 1.165) is 37.0 Å². The fourth-order valence-electron chi connectivity index (χ4n) is 3.10. The van der Waals surface area contributed by atoms with Crippen LogP contribution < -0.4 is 10.6 Å². The highest BCUT2D eigenvalue weighted by Crippen LogP contribution is 2.31. The van der Waals surface area contributed by atoms with Gasteiger partial charge in [-0.3, -0.25) is 14.9 Å². The zero-order valence-corrected chi connectivity index (χ0v) is 16.7. The van der Waals surface area contributed by atoms with E-state index in [2.05, 4.69) is 31.5 Å². The van der Waals surface area contributed by atoms with Crippen LogP contribution in [-0.4, -0.2) is 27.9 Å². The second-order valence-corrected chi connectivity index (χ2v) is 8.60. The molecule has 1 aromatic heterocycles. The molecule has 2 amide bonds. The van der Waals surface area contributed by atoms with Crippen molar-refractivity contribution in [2.24, 2.45) is 5.92 Å². The number of hydrogen-bond donors (Lipinski definition) is 3. The molecule has 1 aliphatic rings. The van der Waals surface area contributed by atoms with Gasteiger partial charge in [0.15, 0.2) is 10.9 Å². The van der Waals surface area contributed by atoms with Crippen molar-refractivity contribution in [1.29, 1.82) is 0 Å². The van der Waals surface area contributed by atoms with Gasteiger partial charge in [-0.15, -0.1) is 0 Å². The number of nitrogens with zero attached hydrogens (tertiary/aromatic N) is 1. The van der Waals surface area contributed by atoms with Gasteiger partial charge in [-0.1, -0.05) is 36.3 Å². The molecule has 7 nitrogen and oxygen atoms in total. The third-order valence-electron chi connectivity index (χ3n) is 4.36. The maximum Gasteiger partial charge on any atom is 0.325 e. The number of carbonyl (C=O) groups excluding carboxylic acids is 2. The van der Waals surface area contributed by atoms with Crippen molar-refractivity contribution in [3.63, 3.8) is 0 Å². The topological polar surface area (TPSA) is 108 Å². The van der Waals surface area contributed by atoms with Crippen LogP contribution in [0.25, 0.3) is 0 Å². The Hall–Kier alpha value is -2.26. The number of ketones is 1. The molecule has 0 atom stereocenters. The molecule has 27 heavy (non-hydrogen) atoms. The minimum Gasteiger partial charge on any atom is -0.481 e. The third-order valence-corrected chi connectivity index (χ3v) is 6.10. The van der Waals surface area contributed by atoms with Gasteiger partial charge in [0.1, 0.15) is 0 Å². The number of rotatable bonds is 6. The van der Waals surface area contributed by atoms with Gasteiger partial charge in [-0.05, 0) is 40.9 Å². The highest BCUT2D eigenvalue weighted by atomic mass is 79.9. The van der Waals surface area contributed by atoms with E-state index in [1.54, 1.807) is 24.3 Å². The molecule has 142 valence electrons. The zero-order chi connectivity index (χ0) is 19.4. The van der Waals surface area contributed by atoms with Crippen LogP contribution >= 0.6 is 27.3 Å². The number of hydrogen-bond acceptors (Lipinski definition) is 5. The monoisotopic (exact) mass is 451 g/mol. The van der Waals surface area contributed by atoms with Crippen LogP contribution in [0.1, 0.15) is 41.7 Å². The molecule has 0 saturated heterocycles. The molecule has 0 aliphatic heterocycles. The van der Waals surface area contributed by atoms with E-state index in [9.17, 15) is 14.4 Å². The number of carboxylic acid groups (broad SMARTS) is 1. The minimum atomic E-state index is -1.00. The van der Waals surface area contributed by atoms with Crippen LogP contribution in [0.2, 0.25) is 0 Å². The lowest BCUT2D eigenvalue weighted by atomic mass is 9.95. The molecule has 1 aromatic carbocycles. The van der Waals surface area contributed by atoms with Crippen molar-refractivity contribution in [3.05, 3.63) is 39.3 Å². The molecule has 3 rings (SSSR count). The Morgan fingerprint density at radius 1 is 1.19 bits per heavy atom. The zero-order valence-electron chi connectivity index (χ0n) is 14.3. The standard InChI is InChI=1S/C18H18BrN3O4S/c19-16-13(9-14(23)24)21-18(27-16)22-17(26)20-12-8-4-3-7-11(12)15(25)10-5-1-2-6-10/h3-4,7-8,10H,1-2,5-6,9H2,(H,23,24)(H2,20,21,22,26). The SMILES string of the molecule is O=C(O)Cc1nc(NC(=O)Nc2ccccc2C(=O)C2CCCC2)sc1Br. The van der Waals surface area contributed by atoms with Crippen molar-refractivity contribution in [2.45, 2.75) is 32.1 Å². The molecule has 3 N–H and O–H groups in total. The summed E-state index contributed by atoms with van der Waals surface area (Å²) in [6.45, 7) is 0. The number of aliphatic carboxylic acids is 1. The van der Waals surface area contributed by atoms with E-state index in [1.807, 2.05) is 0 Å². The predicted octanol–water partition coefficient (Wildman–Crippen LogP) is 4.55. The highest BCUT2D eigenvalue weighted by molar-refractivity contribution is 9.11. The maximum absolute atomic E-state index is 12.7. The average Bonchev–Trinajstić information content (AvgIpc) is 3.25. The molecule has 9 heteroatoms. The summed E-state index contributed by atoms with van der Waals surface area (Å²) < 4.78 is 0.553. The number of halogens is 1. The molecule has 2 aromatic rings. The summed E-state index contributed by atoms with van der Waals surface area (Å²) in [6.07, 6.45) is 3.66.